The summed E-state index contributed by atoms with van der Waals surface area (Å²) in [6.45, 7) is 2.53. The van der Waals surface area contributed by atoms with Gasteiger partial charge in [0, 0.05) is 22.6 Å². The molecule has 1 aliphatic heterocycles. The van der Waals surface area contributed by atoms with Gasteiger partial charge in [-0.15, -0.1) is 0 Å². The van der Waals surface area contributed by atoms with Crippen LogP contribution in [0.1, 0.15) is 48.7 Å². The molecule has 1 aliphatic rings. The average molecular weight is 602 g/mol. The van der Waals surface area contributed by atoms with Gasteiger partial charge in [-0.1, -0.05) is 40.6 Å². The zero-order chi connectivity index (χ0) is 26.0. The number of carbonyl (C=O) groups is 1. The van der Waals surface area contributed by atoms with E-state index in [1.54, 1.807) is 16.4 Å². The van der Waals surface area contributed by atoms with Crippen molar-refractivity contribution in [2.75, 3.05) is 11.6 Å². The molecule has 1 amide bonds. The molecule has 1 atom stereocenters. The van der Waals surface area contributed by atoms with E-state index >= 15 is 0 Å². The number of fused-ring (bicyclic) bond motifs is 1. The number of benzene rings is 2. The monoisotopic (exact) mass is 600 g/mol. The van der Waals surface area contributed by atoms with Crippen LogP contribution >= 0.6 is 27.3 Å². The summed E-state index contributed by atoms with van der Waals surface area (Å²) in [6.07, 6.45) is 6.50. The van der Waals surface area contributed by atoms with Gasteiger partial charge in [0.15, 0.2) is 0 Å². The van der Waals surface area contributed by atoms with Crippen molar-refractivity contribution in [1.29, 1.82) is 0 Å². The molecule has 1 unspecified atom stereocenters. The zero-order valence-corrected chi connectivity index (χ0v) is 23.3. The Morgan fingerprint density at radius 2 is 2.05 bits per heavy atom. The molecule has 37 heavy (non-hydrogen) atoms. The zero-order valence-electron chi connectivity index (χ0n) is 20.1. The Morgan fingerprint density at radius 3 is 2.78 bits per heavy atom. The Labute approximate surface area is 227 Å². The van der Waals surface area contributed by atoms with E-state index in [1.807, 2.05) is 25.1 Å². The highest BCUT2D eigenvalue weighted by atomic mass is 79.9. The van der Waals surface area contributed by atoms with Crippen LogP contribution in [0.3, 0.4) is 0 Å². The number of rotatable bonds is 7. The number of hydrazone groups is 1. The van der Waals surface area contributed by atoms with Crippen LogP contribution in [-0.4, -0.2) is 42.4 Å². The van der Waals surface area contributed by atoms with Gasteiger partial charge in [0.1, 0.15) is 5.76 Å². The normalized spacial score (nSPS) is 17.0. The second-order valence-electron chi connectivity index (χ2n) is 8.68. The number of thiazole rings is 1. The number of halogens is 1. The predicted octanol–water partition coefficient (Wildman–Crippen LogP) is 6.29. The Balaban J connectivity index is 1.46. The summed E-state index contributed by atoms with van der Waals surface area (Å²) in [5.41, 5.74) is 1.03. The number of aromatic nitrogens is 1. The third kappa shape index (κ3) is 5.40. The molecule has 11 heteroatoms. The number of anilines is 1. The Morgan fingerprint density at radius 1 is 1.24 bits per heavy atom. The summed E-state index contributed by atoms with van der Waals surface area (Å²) >= 11 is 4.79. The molecule has 192 valence electrons. The second-order valence-corrected chi connectivity index (χ2v) is 12.5. The maximum atomic E-state index is 13.6. The van der Waals surface area contributed by atoms with Crippen LogP contribution < -0.4 is 5.01 Å². The van der Waals surface area contributed by atoms with Gasteiger partial charge in [0.05, 0.1) is 27.6 Å². The summed E-state index contributed by atoms with van der Waals surface area (Å²) in [7, 11) is -3.65. The van der Waals surface area contributed by atoms with E-state index in [9.17, 15) is 13.2 Å². The molecule has 5 rings (SSSR count). The molecular formula is C26H25BrN4O4S2. The van der Waals surface area contributed by atoms with Gasteiger partial charge in [0.25, 0.3) is 5.91 Å². The molecule has 1 saturated heterocycles. The maximum Gasteiger partial charge on any atom is 0.280 e. The fourth-order valence-corrected chi connectivity index (χ4v) is 7.61. The lowest BCUT2D eigenvalue weighted by molar-refractivity contribution is 0.0987. The van der Waals surface area contributed by atoms with Crippen molar-refractivity contribution in [3.63, 3.8) is 0 Å². The molecule has 0 radical (unpaired) electrons. The lowest BCUT2D eigenvalue weighted by Crippen LogP contribution is -2.43. The molecule has 0 N–H and O–H groups in total. The SMILES string of the molecule is CCC1CCCCN1S(=O)(=O)c1ccc(C(=O)N(/N=C/c2ccco2)c2nc3ccc(Br)cc3s2)cc1. The fourth-order valence-electron chi connectivity index (χ4n) is 4.37. The van der Waals surface area contributed by atoms with Gasteiger partial charge in [-0.05, 0) is 73.9 Å². The number of nitrogens with zero attached hydrogens (tertiary/aromatic N) is 4. The number of furan rings is 1. The minimum atomic E-state index is -3.65. The first-order valence-electron chi connectivity index (χ1n) is 12.0. The summed E-state index contributed by atoms with van der Waals surface area (Å²) < 4.78 is 35.4. The molecule has 0 bridgehead atoms. The second kappa shape index (κ2) is 10.9. The first kappa shape index (κ1) is 25.8. The average Bonchev–Trinajstić information content (AvgIpc) is 3.58. The lowest BCUT2D eigenvalue weighted by Gasteiger charge is -2.34. The van der Waals surface area contributed by atoms with E-state index in [0.717, 1.165) is 40.4 Å². The molecular weight excluding hydrogens is 576 g/mol. The van der Waals surface area contributed by atoms with E-state index in [2.05, 4.69) is 26.0 Å². The summed E-state index contributed by atoms with van der Waals surface area (Å²) in [4.78, 5) is 18.4. The first-order valence-corrected chi connectivity index (χ1v) is 15.0. The smallest absolute Gasteiger partial charge is 0.280 e. The van der Waals surface area contributed by atoms with Crippen LogP contribution in [0, 0.1) is 0 Å². The Kier molecular flexibility index (Phi) is 7.57. The van der Waals surface area contributed by atoms with Crippen molar-refractivity contribution < 1.29 is 17.6 Å². The van der Waals surface area contributed by atoms with Crippen LogP contribution in [0.2, 0.25) is 0 Å². The molecule has 0 spiro atoms. The fraction of sp³-hybridized carbons (Fsp3) is 0.269. The molecule has 2 aromatic carbocycles. The van der Waals surface area contributed by atoms with Crippen molar-refractivity contribution in [1.82, 2.24) is 9.29 Å². The van der Waals surface area contributed by atoms with Crippen molar-refractivity contribution in [3.8, 4) is 0 Å². The van der Waals surface area contributed by atoms with Crippen molar-refractivity contribution in [3.05, 3.63) is 76.7 Å². The molecule has 4 aromatic rings. The molecule has 0 saturated carbocycles. The third-order valence-electron chi connectivity index (χ3n) is 6.31. The lowest BCUT2D eigenvalue weighted by atomic mass is 10.0. The van der Waals surface area contributed by atoms with Crippen molar-refractivity contribution >= 4 is 64.8 Å². The molecule has 8 nitrogen and oxygen atoms in total. The minimum Gasteiger partial charge on any atom is -0.463 e. The van der Waals surface area contributed by atoms with Gasteiger partial charge in [0.2, 0.25) is 15.2 Å². The molecule has 1 fully saturated rings. The third-order valence-corrected chi connectivity index (χ3v) is 9.76. The quantitative estimate of drug-likeness (QED) is 0.183. The topological polar surface area (TPSA) is 96.1 Å². The van der Waals surface area contributed by atoms with Crippen molar-refractivity contribution in [2.24, 2.45) is 5.10 Å². The van der Waals surface area contributed by atoms with Gasteiger partial charge in [-0.25, -0.2) is 13.4 Å². The van der Waals surface area contributed by atoms with E-state index in [4.69, 9.17) is 4.42 Å². The van der Waals surface area contributed by atoms with Crippen molar-refractivity contribution in [2.45, 2.75) is 43.5 Å². The van der Waals surface area contributed by atoms with Gasteiger partial charge in [-0.3, -0.25) is 4.79 Å². The summed E-state index contributed by atoms with van der Waals surface area (Å²) in [5, 5.41) is 5.97. The Bertz CT molecular complexity index is 1530. The standard InChI is InChI=1S/C26H25BrN4O4S2/c1-2-20-6-3-4-14-30(20)37(33,34)22-11-8-18(9-12-22)25(32)31(28-17-21-7-5-15-35-21)26-29-23-13-10-19(27)16-24(23)36-26/h5,7-13,15-17,20H,2-4,6,14H2,1H3/b28-17+. The van der Waals surface area contributed by atoms with Gasteiger partial charge < -0.3 is 4.42 Å². The van der Waals surface area contributed by atoms with E-state index in [-0.39, 0.29) is 10.9 Å². The van der Waals surface area contributed by atoms with E-state index < -0.39 is 15.9 Å². The molecule has 3 heterocycles. The van der Waals surface area contributed by atoms with Crippen LogP contribution in [0.4, 0.5) is 5.13 Å². The van der Waals surface area contributed by atoms with Crippen LogP contribution in [0.5, 0.6) is 0 Å². The number of amides is 1. The Hall–Kier alpha value is -2.86. The molecule has 2 aromatic heterocycles. The largest absolute Gasteiger partial charge is 0.463 e. The predicted molar refractivity (Wildman–Crippen MR) is 149 cm³/mol. The maximum absolute atomic E-state index is 13.6. The number of piperidine rings is 1. The van der Waals surface area contributed by atoms with Gasteiger partial charge in [-0.2, -0.15) is 14.4 Å². The number of hydrogen-bond acceptors (Lipinski definition) is 7. The minimum absolute atomic E-state index is 0.00515. The number of hydrogen-bond donors (Lipinski definition) is 0. The number of sulfonamides is 1. The summed E-state index contributed by atoms with van der Waals surface area (Å²) in [5.74, 6) is 0.0457. The highest BCUT2D eigenvalue weighted by Crippen LogP contribution is 2.32. The number of carbonyl (C=O) groups excluding carboxylic acids is 1. The van der Waals surface area contributed by atoms with Gasteiger partial charge >= 0.3 is 0 Å². The molecule has 0 aliphatic carbocycles. The van der Waals surface area contributed by atoms with E-state index in [1.165, 1.54) is 53.1 Å². The van der Waals surface area contributed by atoms with Crippen LogP contribution in [0.25, 0.3) is 10.2 Å². The highest BCUT2D eigenvalue weighted by molar-refractivity contribution is 9.10. The summed E-state index contributed by atoms with van der Waals surface area (Å²) in [6, 6.07) is 15.2. The van der Waals surface area contributed by atoms with Crippen LogP contribution in [-0.2, 0) is 10.0 Å². The van der Waals surface area contributed by atoms with Crippen LogP contribution in [0.15, 0.2) is 79.7 Å². The van der Waals surface area contributed by atoms with E-state index in [0.29, 0.717) is 23.0 Å². The first-order chi connectivity index (χ1) is 17.9. The highest BCUT2D eigenvalue weighted by Gasteiger charge is 2.32.